The van der Waals surface area contributed by atoms with Crippen molar-refractivity contribution in [1.29, 1.82) is 0 Å². The predicted octanol–water partition coefficient (Wildman–Crippen LogP) is 2.61. The summed E-state index contributed by atoms with van der Waals surface area (Å²) >= 11 is 6.01. The van der Waals surface area contributed by atoms with Crippen molar-refractivity contribution in [2.24, 2.45) is 5.92 Å². The molecule has 4 nitrogen and oxygen atoms in total. The highest BCUT2D eigenvalue weighted by molar-refractivity contribution is 6.30. The van der Waals surface area contributed by atoms with E-state index < -0.39 is 12.0 Å². The number of aliphatic carboxylic acids is 1. The molecule has 0 radical (unpaired) electrons. The average Bonchev–Trinajstić information content (AvgIpc) is 2.46. The van der Waals surface area contributed by atoms with Crippen LogP contribution in [0.15, 0.2) is 24.3 Å². The molecule has 0 bridgehead atoms. The molecule has 0 spiro atoms. The number of carbonyl (C=O) groups is 1. The zero-order valence-electron chi connectivity index (χ0n) is 12.4. The smallest absolute Gasteiger partial charge is 0.320 e. The van der Waals surface area contributed by atoms with E-state index >= 15 is 0 Å². The molecule has 1 atom stereocenters. The highest BCUT2D eigenvalue weighted by atomic mass is 35.5. The molecule has 21 heavy (non-hydrogen) atoms. The first kappa shape index (κ1) is 16.3. The summed E-state index contributed by atoms with van der Waals surface area (Å²) in [6, 6.07) is 7.55. The predicted molar refractivity (Wildman–Crippen MR) is 84.6 cm³/mol. The van der Waals surface area contributed by atoms with Crippen LogP contribution < -0.4 is 5.32 Å². The first-order valence-corrected chi connectivity index (χ1v) is 7.83. The molecule has 5 heteroatoms. The fourth-order valence-corrected chi connectivity index (χ4v) is 3.16. The zero-order valence-corrected chi connectivity index (χ0v) is 13.1. The van der Waals surface area contributed by atoms with Crippen molar-refractivity contribution < 1.29 is 9.90 Å². The highest BCUT2D eigenvalue weighted by Crippen LogP contribution is 2.23. The van der Waals surface area contributed by atoms with Crippen LogP contribution in [0.25, 0.3) is 0 Å². The van der Waals surface area contributed by atoms with Crippen molar-refractivity contribution in [2.45, 2.75) is 31.8 Å². The summed E-state index contributed by atoms with van der Waals surface area (Å²) in [6.07, 6.45) is 2.84. The number of carboxylic acid groups (broad SMARTS) is 1. The van der Waals surface area contributed by atoms with E-state index in [1.165, 1.54) is 5.56 Å². The second-order valence-corrected chi connectivity index (χ2v) is 6.20. The SMILES string of the molecule is CNC(CC1CCN(Cc2cccc(Cl)c2)CC1)C(=O)O. The summed E-state index contributed by atoms with van der Waals surface area (Å²) in [7, 11) is 1.72. The van der Waals surface area contributed by atoms with Crippen LogP contribution in [0, 0.1) is 5.92 Å². The van der Waals surface area contributed by atoms with Crippen molar-refractivity contribution in [1.82, 2.24) is 10.2 Å². The number of halogens is 1. The molecule has 2 N–H and O–H groups in total. The van der Waals surface area contributed by atoms with Crippen LogP contribution in [0.1, 0.15) is 24.8 Å². The number of hydrogen-bond donors (Lipinski definition) is 2. The number of likely N-dealkylation sites (N-methyl/N-ethyl adjacent to an activating group) is 1. The molecule has 1 saturated heterocycles. The lowest BCUT2D eigenvalue weighted by atomic mass is 9.90. The number of nitrogens with one attached hydrogen (secondary N) is 1. The fraction of sp³-hybridized carbons (Fsp3) is 0.562. The molecule has 1 aromatic rings. The number of rotatable bonds is 6. The first-order chi connectivity index (χ1) is 10.1. The van der Waals surface area contributed by atoms with Crippen molar-refractivity contribution in [2.75, 3.05) is 20.1 Å². The van der Waals surface area contributed by atoms with E-state index in [-0.39, 0.29) is 0 Å². The number of carboxylic acids is 1. The largest absolute Gasteiger partial charge is 0.480 e. The number of piperidine rings is 1. The van der Waals surface area contributed by atoms with Gasteiger partial charge in [-0.15, -0.1) is 0 Å². The van der Waals surface area contributed by atoms with Crippen LogP contribution >= 0.6 is 11.6 Å². The molecule has 1 aliphatic rings. The van der Waals surface area contributed by atoms with Crippen LogP contribution in [0.5, 0.6) is 0 Å². The molecule has 1 unspecified atom stereocenters. The summed E-state index contributed by atoms with van der Waals surface area (Å²) < 4.78 is 0. The fourth-order valence-electron chi connectivity index (χ4n) is 2.95. The summed E-state index contributed by atoms with van der Waals surface area (Å²) in [4.78, 5) is 13.5. The third-order valence-corrected chi connectivity index (χ3v) is 4.45. The van der Waals surface area contributed by atoms with Crippen LogP contribution in [0.4, 0.5) is 0 Å². The summed E-state index contributed by atoms with van der Waals surface area (Å²) in [6.45, 7) is 2.96. The molecular formula is C16H23ClN2O2. The minimum Gasteiger partial charge on any atom is -0.480 e. The second kappa shape index (κ2) is 7.78. The molecule has 1 aliphatic heterocycles. The molecule has 0 aliphatic carbocycles. The monoisotopic (exact) mass is 310 g/mol. The summed E-state index contributed by atoms with van der Waals surface area (Å²) in [5.41, 5.74) is 1.24. The van der Waals surface area contributed by atoms with Gasteiger partial charge in [-0.2, -0.15) is 0 Å². The summed E-state index contributed by atoms with van der Waals surface area (Å²) in [5.74, 6) is -0.256. The maximum Gasteiger partial charge on any atom is 0.320 e. The molecule has 2 rings (SSSR count). The van der Waals surface area contributed by atoms with Gasteiger partial charge in [-0.25, -0.2) is 0 Å². The molecular weight excluding hydrogens is 288 g/mol. The molecule has 1 aromatic carbocycles. The minimum absolute atomic E-state index is 0.422. The Morgan fingerprint density at radius 3 is 2.76 bits per heavy atom. The van der Waals surface area contributed by atoms with Crippen molar-refractivity contribution in [3.05, 3.63) is 34.9 Å². The number of hydrogen-bond acceptors (Lipinski definition) is 3. The van der Waals surface area contributed by atoms with Gasteiger partial charge < -0.3 is 10.4 Å². The normalized spacial score (nSPS) is 18.6. The van der Waals surface area contributed by atoms with Gasteiger partial charge in [0.05, 0.1) is 0 Å². The molecule has 116 valence electrons. The third kappa shape index (κ3) is 4.99. The Labute approximate surface area is 131 Å². The van der Waals surface area contributed by atoms with Crippen molar-refractivity contribution in [3.63, 3.8) is 0 Å². The van der Waals surface area contributed by atoms with Crippen LogP contribution in [-0.2, 0) is 11.3 Å². The molecule has 0 saturated carbocycles. The summed E-state index contributed by atoms with van der Waals surface area (Å²) in [5, 5.41) is 12.7. The van der Waals surface area contributed by atoms with Crippen molar-refractivity contribution in [3.8, 4) is 0 Å². The highest BCUT2D eigenvalue weighted by Gasteiger charge is 2.24. The minimum atomic E-state index is -0.751. The topological polar surface area (TPSA) is 52.6 Å². The van der Waals surface area contributed by atoms with Gasteiger partial charge in [-0.05, 0) is 63.0 Å². The van der Waals surface area contributed by atoms with E-state index in [2.05, 4.69) is 16.3 Å². The Morgan fingerprint density at radius 1 is 1.48 bits per heavy atom. The Morgan fingerprint density at radius 2 is 2.19 bits per heavy atom. The van der Waals surface area contributed by atoms with E-state index in [4.69, 9.17) is 16.7 Å². The van der Waals surface area contributed by atoms with Crippen LogP contribution in [-0.4, -0.2) is 42.2 Å². The van der Waals surface area contributed by atoms with Gasteiger partial charge in [0.15, 0.2) is 0 Å². The average molecular weight is 311 g/mol. The van der Waals surface area contributed by atoms with Gasteiger partial charge in [0.1, 0.15) is 6.04 Å². The van der Waals surface area contributed by atoms with E-state index in [0.29, 0.717) is 5.92 Å². The van der Waals surface area contributed by atoms with Crippen LogP contribution in [0.2, 0.25) is 5.02 Å². The van der Waals surface area contributed by atoms with Gasteiger partial charge in [0.25, 0.3) is 0 Å². The Balaban J connectivity index is 1.79. The van der Waals surface area contributed by atoms with Gasteiger partial charge in [-0.3, -0.25) is 9.69 Å². The maximum absolute atomic E-state index is 11.1. The first-order valence-electron chi connectivity index (χ1n) is 7.45. The molecule has 0 amide bonds. The van der Waals surface area contributed by atoms with Crippen molar-refractivity contribution >= 4 is 17.6 Å². The zero-order chi connectivity index (χ0) is 15.2. The molecule has 1 fully saturated rings. The lowest BCUT2D eigenvalue weighted by Gasteiger charge is -2.33. The lowest BCUT2D eigenvalue weighted by Crippen LogP contribution is -2.39. The Kier molecular flexibility index (Phi) is 6.03. The molecule has 1 heterocycles. The standard InChI is InChI=1S/C16H23ClN2O2/c1-18-15(16(20)21)10-12-5-7-19(8-6-12)11-13-3-2-4-14(17)9-13/h2-4,9,12,15,18H,5-8,10-11H2,1H3,(H,20,21). The second-order valence-electron chi connectivity index (χ2n) is 5.76. The Hall–Kier alpha value is -1.10. The van der Waals surface area contributed by atoms with E-state index in [0.717, 1.165) is 43.9 Å². The number of likely N-dealkylation sites (tertiary alicyclic amines) is 1. The quantitative estimate of drug-likeness (QED) is 0.848. The number of nitrogens with zero attached hydrogens (tertiary/aromatic N) is 1. The van der Waals surface area contributed by atoms with Gasteiger partial charge in [0, 0.05) is 11.6 Å². The Bertz CT molecular complexity index is 473. The van der Waals surface area contributed by atoms with E-state index in [9.17, 15) is 4.79 Å². The van der Waals surface area contributed by atoms with E-state index in [1.807, 2.05) is 18.2 Å². The van der Waals surface area contributed by atoms with Crippen LogP contribution in [0.3, 0.4) is 0 Å². The maximum atomic E-state index is 11.1. The lowest BCUT2D eigenvalue weighted by molar-refractivity contribution is -0.139. The third-order valence-electron chi connectivity index (χ3n) is 4.22. The van der Waals surface area contributed by atoms with E-state index in [1.54, 1.807) is 7.05 Å². The number of benzene rings is 1. The molecule has 0 aromatic heterocycles. The van der Waals surface area contributed by atoms with Gasteiger partial charge in [0.2, 0.25) is 0 Å². The van der Waals surface area contributed by atoms with Gasteiger partial charge in [-0.1, -0.05) is 23.7 Å². The van der Waals surface area contributed by atoms with Gasteiger partial charge >= 0.3 is 5.97 Å².